The summed E-state index contributed by atoms with van der Waals surface area (Å²) in [5, 5.41) is 3.24. The number of nitrogens with one attached hydrogen (secondary N) is 1. The van der Waals surface area contributed by atoms with Gasteiger partial charge >= 0.3 is 0 Å². The zero-order valence-corrected chi connectivity index (χ0v) is 14.0. The number of nitrogen functional groups attached to an aromatic ring is 1. The molecule has 5 N–H and O–H groups in total. The molecule has 1 fully saturated rings. The fourth-order valence-electron chi connectivity index (χ4n) is 2.36. The van der Waals surface area contributed by atoms with Gasteiger partial charge in [-0.05, 0) is 13.8 Å². The Morgan fingerprint density at radius 2 is 2.05 bits per heavy atom. The molecular weight excluding hydrogens is 308 g/mol. The molecule has 0 radical (unpaired) electrons. The van der Waals surface area contributed by atoms with Crippen LogP contribution in [0.2, 0.25) is 0 Å². The number of thioether (sulfide) groups is 1. The molecule has 2 heterocycles. The van der Waals surface area contributed by atoms with Crippen LogP contribution in [-0.4, -0.2) is 42.5 Å². The Morgan fingerprint density at radius 3 is 2.57 bits per heavy atom. The van der Waals surface area contributed by atoms with Crippen LogP contribution < -0.4 is 21.7 Å². The highest BCUT2D eigenvalue weighted by atomic mass is 32.2. The fraction of sp³-hybridized carbons (Fsp3) is 0.538. The molecule has 0 saturated carbocycles. The van der Waals surface area contributed by atoms with Crippen molar-refractivity contribution in [1.29, 1.82) is 0 Å². The maximum Gasteiger partial charge on any atom is 0.263 e. The van der Waals surface area contributed by atoms with Gasteiger partial charge in [0.2, 0.25) is 0 Å². The topological polar surface area (TPSA) is 101 Å². The minimum atomic E-state index is -0.593. The summed E-state index contributed by atoms with van der Waals surface area (Å²) in [6.45, 7) is 5.90. The minimum absolute atomic E-state index is 0.0824. The molecule has 1 aromatic rings. The van der Waals surface area contributed by atoms with Crippen molar-refractivity contribution >= 4 is 45.6 Å². The quantitative estimate of drug-likeness (QED) is 0.772. The third-order valence-corrected chi connectivity index (χ3v) is 5.88. The molecule has 8 heteroatoms. The van der Waals surface area contributed by atoms with E-state index in [4.69, 9.17) is 11.5 Å². The van der Waals surface area contributed by atoms with Gasteiger partial charge in [-0.15, -0.1) is 11.3 Å². The monoisotopic (exact) mass is 328 g/mol. The Balaban J connectivity index is 2.47. The van der Waals surface area contributed by atoms with Gasteiger partial charge in [0.05, 0.1) is 11.3 Å². The number of thiophene rings is 1. The number of nitrogens with two attached hydrogens (primary N) is 2. The lowest BCUT2D eigenvalue weighted by atomic mass is 10.1. The zero-order chi connectivity index (χ0) is 15.8. The molecule has 1 aliphatic heterocycles. The summed E-state index contributed by atoms with van der Waals surface area (Å²) in [7, 11) is 1.53. The molecule has 2 amide bonds. The van der Waals surface area contributed by atoms with Gasteiger partial charge < -0.3 is 21.7 Å². The van der Waals surface area contributed by atoms with E-state index in [1.165, 1.54) is 18.4 Å². The Labute approximate surface area is 132 Å². The summed E-state index contributed by atoms with van der Waals surface area (Å²) in [4.78, 5) is 26.1. The summed E-state index contributed by atoms with van der Waals surface area (Å²) in [5.41, 5.74) is 11.9. The van der Waals surface area contributed by atoms with Crippen molar-refractivity contribution in [2.45, 2.75) is 18.6 Å². The van der Waals surface area contributed by atoms with E-state index in [-0.39, 0.29) is 21.9 Å². The Hall–Kier alpha value is -1.41. The van der Waals surface area contributed by atoms with E-state index in [1.807, 2.05) is 11.8 Å². The molecule has 116 valence electrons. The molecule has 1 saturated heterocycles. The summed E-state index contributed by atoms with van der Waals surface area (Å²) in [6, 6.07) is 0. The smallest absolute Gasteiger partial charge is 0.263 e. The number of rotatable bonds is 3. The van der Waals surface area contributed by atoms with E-state index >= 15 is 0 Å². The summed E-state index contributed by atoms with van der Waals surface area (Å²) in [6.07, 6.45) is 0. The average molecular weight is 328 g/mol. The van der Waals surface area contributed by atoms with Gasteiger partial charge in [-0.1, -0.05) is 0 Å². The maximum atomic E-state index is 11.9. The van der Waals surface area contributed by atoms with Crippen molar-refractivity contribution in [3.8, 4) is 0 Å². The number of hydrogen-bond acceptors (Lipinski definition) is 6. The van der Waals surface area contributed by atoms with Crippen LogP contribution in [0, 0.1) is 0 Å². The van der Waals surface area contributed by atoms with E-state index in [2.05, 4.69) is 24.1 Å². The number of hydrogen-bond donors (Lipinski definition) is 3. The van der Waals surface area contributed by atoms with Crippen molar-refractivity contribution in [2.75, 3.05) is 36.5 Å². The summed E-state index contributed by atoms with van der Waals surface area (Å²) < 4.78 is 0.0824. The highest BCUT2D eigenvalue weighted by molar-refractivity contribution is 8.00. The van der Waals surface area contributed by atoms with Gasteiger partial charge in [0.25, 0.3) is 11.8 Å². The number of anilines is 2. The SMILES string of the molecule is CNC(=O)c1sc(N2CCSC(C)(C)C2)c(C(N)=O)c1N. The largest absolute Gasteiger partial charge is 0.397 e. The van der Waals surface area contributed by atoms with Gasteiger partial charge in [0.1, 0.15) is 9.88 Å². The van der Waals surface area contributed by atoms with Gasteiger partial charge in [-0.25, -0.2) is 0 Å². The number of carbonyl (C=O) groups excluding carboxylic acids is 2. The molecule has 1 aromatic heterocycles. The number of nitrogens with zero attached hydrogens (tertiary/aromatic N) is 1. The molecule has 0 bridgehead atoms. The number of carbonyl (C=O) groups is 2. The number of amides is 2. The second-order valence-electron chi connectivity index (χ2n) is 5.50. The van der Waals surface area contributed by atoms with Crippen LogP contribution in [0.1, 0.15) is 33.9 Å². The van der Waals surface area contributed by atoms with Crippen LogP contribution in [0.4, 0.5) is 10.7 Å². The molecule has 0 aromatic carbocycles. The van der Waals surface area contributed by atoms with Crippen LogP contribution in [-0.2, 0) is 0 Å². The van der Waals surface area contributed by atoms with Crippen LogP contribution in [0.25, 0.3) is 0 Å². The fourth-order valence-corrected chi connectivity index (χ4v) is 4.67. The molecule has 21 heavy (non-hydrogen) atoms. The van der Waals surface area contributed by atoms with Crippen molar-refractivity contribution < 1.29 is 9.59 Å². The minimum Gasteiger partial charge on any atom is -0.397 e. The Bertz CT molecular complexity index is 583. The molecule has 0 aliphatic carbocycles. The van der Waals surface area contributed by atoms with Crippen molar-refractivity contribution in [3.05, 3.63) is 10.4 Å². The van der Waals surface area contributed by atoms with E-state index in [0.29, 0.717) is 9.88 Å². The van der Waals surface area contributed by atoms with Crippen molar-refractivity contribution in [1.82, 2.24) is 5.32 Å². The highest BCUT2D eigenvalue weighted by Gasteiger charge is 2.32. The zero-order valence-electron chi connectivity index (χ0n) is 12.4. The molecule has 2 rings (SSSR count). The van der Waals surface area contributed by atoms with Crippen LogP contribution >= 0.6 is 23.1 Å². The van der Waals surface area contributed by atoms with E-state index < -0.39 is 5.91 Å². The first-order chi connectivity index (χ1) is 9.76. The molecule has 0 atom stereocenters. The highest BCUT2D eigenvalue weighted by Crippen LogP contribution is 2.41. The second-order valence-corrected chi connectivity index (χ2v) is 8.30. The van der Waals surface area contributed by atoms with E-state index in [0.717, 1.165) is 18.8 Å². The maximum absolute atomic E-state index is 11.9. The molecule has 0 spiro atoms. The van der Waals surface area contributed by atoms with Gasteiger partial charge in [0.15, 0.2) is 0 Å². The first kappa shape index (κ1) is 16.0. The lowest BCUT2D eigenvalue weighted by molar-refractivity contribution is 0.0967. The average Bonchev–Trinajstić information content (AvgIpc) is 2.74. The van der Waals surface area contributed by atoms with Gasteiger partial charge in [0, 0.05) is 30.6 Å². The predicted molar refractivity (Wildman–Crippen MR) is 89.4 cm³/mol. The summed E-state index contributed by atoms with van der Waals surface area (Å²) in [5.74, 6) is 0.0695. The normalized spacial score (nSPS) is 17.6. The molecule has 1 aliphatic rings. The molecule has 0 unspecified atom stereocenters. The van der Waals surface area contributed by atoms with Gasteiger partial charge in [-0.2, -0.15) is 11.8 Å². The second kappa shape index (κ2) is 5.76. The Kier molecular flexibility index (Phi) is 4.38. The van der Waals surface area contributed by atoms with Crippen LogP contribution in [0.3, 0.4) is 0 Å². The Morgan fingerprint density at radius 1 is 1.38 bits per heavy atom. The first-order valence-electron chi connectivity index (χ1n) is 6.60. The van der Waals surface area contributed by atoms with Crippen molar-refractivity contribution in [2.24, 2.45) is 5.73 Å². The standard InChI is InChI=1S/C13H20N4O2S2/c1-13(2)6-17(4-5-20-13)12-7(10(15)18)8(14)9(21-12)11(19)16-3/h4-6,14H2,1-3H3,(H2,15,18)(H,16,19). The molecular formula is C13H20N4O2S2. The third-order valence-electron chi connectivity index (χ3n) is 3.32. The molecule has 6 nitrogen and oxygen atoms in total. The summed E-state index contributed by atoms with van der Waals surface area (Å²) >= 11 is 3.12. The third kappa shape index (κ3) is 3.11. The lowest BCUT2D eigenvalue weighted by Crippen LogP contribution is -2.43. The lowest BCUT2D eigenvalue weighted by Gasteiger charge is -2.38. The van der Waals surface area contributed by atoms with Crippen LogP contribution in [0.15, 0.2) is 0 Å². The first-order valence-corrected chi connectivity index (χ1v) is 8.40. The number of primary amides is 1. The van der Waals surface area contributed by atoms with Crippen LogP contribution in [0.5, 0.6) is 0 Å². The predicted octanol–water partition coefficient (Wildman–Crippen LogP) is 1.12. The van der Waals surface area contributed by atoms with E-state index in [9.17, 15) is 9.59 Å². The van der Waals surface area contributed by atoms with E-state index in [1.54, 1.807) is 0 Å². The van der Waals surface area contributed by atoms with Crippen molar-refractivity contribution in [3.63, 3.8) is 0 Å². The van der Waals surface area contributed by atoms with Gasteiger partial charge in [-0.3, -0.25) is 9.59 Å².